The Morgan fingerprint density at radius 3 is 2.23 bits per heavy atom. The molecule has 1 aliphatic carbocycles. The SMILES string of the molecule is C=CC1(C(C)NC=O)CCC1.CC. The molecule has 0 aromatic heterocycles. The predicted molar refractivity (Wildman–Crippen MR) is 56.5 cm³/mol. The molecule has 1 N–H and O–H groups in total. The van der Waals surface area contributed by atoms with Gasteiger partial charge in [-0.3, -0.25) is 4.79 Å². The van der Waals surface area contributed by atoms with E-state index in [4.69, 9.17) is 0 Å². The Labute approximate surface area is 81.4 Å². The molecule has 0 aliphatic heterocycles. The molecule has 0 bridgehead atoms. The average Bonchev–Trinajstić information content (AvgIpc) is 2.07. The summed E-state index contributed by atoms with van der Waals surface area (Å²) in [4.78, 5) is 10.2. The first kappa shape index (κ1) is 12.2. The second-order valence-electron chi connectivity index (χ2n) is 3.30. The van der Waals surface area contributed by atoms with Crippen molar-refractivity contribution in [2.75, 3.05) is 0 Å². The summed E-state index contributed by atoms with van der Waals surface area (Å²) >= 11 is 0. The van der Waals surface area contributed by atoms with E-state index in [0.717, 1.165) is 6.41 Å². The Balaban J connectivity index is 0.000000671. The fourth-order valence-corrected chi connectivity index (χ4v) is 1.67. The van der Waals surface area contributed by atoms with Gasteiger partial charge in [0.1, 0.15) is 0 Å². The van der Waals surface area contributed by atoms with Crippen molar-refractivity contribution in [2.24, 2.45) is 5.41 Å². The van der Waals surface area contributed by atoms with Crippen LogP contribution in [-0.4, -0.2) is 12.5 Å². The van der Waals surface area contributed by atoms with Crippen LogP contribution in [0.15, 0.2) is 12.7 Å². The molecule has 76 valence electrons. The summed E-state index contributed by atoms with van der Waals surface area (Å²) in [6, 6.07) is 0.242. The third-order valence-corrected chi connectivity index (χ3v) is 2.87. The second kappa shape index (κ2) is 5.79. The van der Waals surface area contributed by atoms with E-state index in [1.165, 1.54) is 19.3 Å². The summed E-state index contributed by atoms with van der Waals surface area (Å²) in [5.41, 5.74) is 0.195. The molecule has 1 unspecified atom stereocenters. The average molecular weight is 183 g/mol. The molecule has 0 spiro atoms. The molecule has 13 heavy (non-hydrogen) atoms. The van der Waals surface area contributed by atoms with Crippen molar-refractivity contribution in [3.05, 3.63) is 12.7 Å². The molecule has 1 amide bonds. The zero-order valence-corrected chi connectivity index (χ0v) is 8.97. The Kier molecular flexibility index (Phi) is 5.44. The highest BCUT2D eigenvalue weighted by atomic mass is 16.1. The van der Waals surface area contributed by atoms with Crippen LogP contribution >= 0.6 is 0 Å². The van der Waals surface area contributed by atoms with Crippen LogP contribution in [0.5, 0.6) is 0 Å². The van der Waals surface area contributed by atoms with Gasteiger partial charge in [-0.2, -0.15) is 0 Å². The van der Waals surface area contributed by atoms with E-state index in [2.05, 4.69) is 11.9 Å². The number of amides is 1. The third kappa shape index (κ3) is 2.58. The Hall–Kier alpha value is -0.790. The maximum atomic E-state index is 10.2. The van der Waals surface area contributed by atoms with Crippen molar-refractivity contribution in [3.63, 3.8) is 0 Å². The third-order valence-electron chi connectivity index (χ3n) is 2.87. The van der Waals surface area contributed by atoms with Crippen LogP contribution in [0, 0.1) is 5.41 Å². The minimum Gasteiger partial charge on any atom is -0.355 e. The summed E-state index contributed by atoms with van der Waals surface area (Å²) in [6.07, 6.45) is 6.35. The molecule has 0 radical (unpaired) electrons. The summed E-state index contributed by atoms with van der Waals surface area (Å²) in [5.74, 6) is 0. The van der Waals surface area contributed by atoms with Crippen LogP contribution in [-0.2, 0) is 4.79 Å². The largest absolute Gasteiger partial charge is 0.355 e. The summed E-state index contributed by atoms with van der Waals surface area (Å²) in [5, 5.41) is 2.79. The summed E-state index contributed by atoms with van der Waals surface area (Å²) < 4.78 is 0. The highest BCUT2D eigenvalue weighted by Crippen LogP contribution is 2.44. The Morgan fingerprint density at radius 2 is 2.00 bits per heavy atom. The molecular weight excluding hydrogens is 162 g/mol. The van der Waals surface area contributed by atoms with Gasteiger partial charge in [-0.05, 0) is 19.8 Å². The van der Waals surface area contributed by atoms with Gasteiger partial charge in [-0.1, -0.05) is 26.3 Å². The normalized spacial score (nSPS) is 19.9. The molecule has 0 saturated heterocycles. The van der Waals surface area contributed by atoms with Gasteiger partial charge in [0.15, 0.2) is 0 Å². The first-order chi connectivity index (χ1) is 6.25. The molecule has 1 fully saturated rings. The van der Waals surface area contributed by atoms with Crippen molar-refractivity contribution < 1.29 is 4.79 Å². The van der Waals surface area contributed by atoms with Gasteiger partial charge in [-0.25, -0.2) is 0 Å². The number of carbonyl (C=O) groups excluding carboxylic acids is 1. The lowest BCUT2D eigenvalue weighted by Gasteiger charge is -2.43. The Bertz CT molecular complexity index is 161. The number of carbonyl (C=O) groups is 1. The fraction of sp³-hybridized carbons (Fsp3) is 0.727. The monoisotopic (exact) mass is 183 g/mol. The van der Waals surface area contributed by atoms with Crippen LogP contribution in [0.2, 0.25) is 0 Å². The maximum absolute atomic E-state index is 10.2. The topological polar surface area (TPSA) is 29.1 Å². The van der Waals surface area contributed by atoms with Crippen LogP contribution in [0.3, 0.4) is 0 Å². The number of hydrogen-bond acceptors (Lipinski definition) is 1. The predicted octanol–water partition coefficient (Wildman–Crippen LogP) is 2.50. The highest BCUT2D eigenvalue weighted by Gasteiger charge is 2.38. The second-order valence-corrected chi connectivity index (χ2v) is 3.30. The van der Waals surface area contributed by atoms with Crippen molar-refractivity contribution in [1.82, 2.24) is 5.32 Å². The van der Waals surface area contributed by atoms with E-state index in [9.17, 15) is 4.79 Å². The molecule has 0 aromatic carbocycles. The van der Waals surface area contributed by atoms with E-state index in [1.54, 1.807) is 0 Å². The zero-order valence-electron chi connectivity index (χ0n) is 8.97. The van der Waals surface area contributed by atoms with Crippen LogP contribution in [0.25, 0.3) is 0 Å². The van der Waals surface area contributed by atoms with Crippen molar-refractivity contribution in [3.8, 4) is 0 Å². The van der Waals surface area contributed by atoms with E-state index in [1.807, 2.05) is 26.8 Å². The van der Waals surface area contributed by atoms with Gasteiger partial charge >= 0.3 is 0 Å². The lowest BCUT2D eigenvalue weighted by Crippen LogP contribution is -2.45. The van der Waals surface area contributed by atoms with E-state index in [-0.39, 0.29) is 11.5 Å². The minimum absolute atomic E-state index is 0.195. The van der Waals surface area contributed by atoms with Crippen LogP contribution in [0.4, 0.5) is 0 Å². The van der Waals surface area contributed by atoms with Crippen molar-refractivity contribution in [2.45, 2.75) is 46.1 Å². The van der Waals surface area contributed by atoms with Crippen molar-refractivity contribution >= 4 is 6.41 Å². The molecule has 2 nitrogen and oxygen atoms in total. The summed E-state index contributed by atoms with van der Waals surface area (Å²) in [6.45, 7) is 9.84. The van der Waals surface area contributed by atoms with Gasteiger partial charge in [-0.15, -0.1) is 6.58 Å². The number of nitrogens with one attached hydrogen (secondary N) is 1. The fourth-order valence-electron chi connectivity index (χ4n) is 1.67. The van der Waals surface area contributed by atoms with Crippen molar-refractivity contribution in [1.29, 1.82) is 0 Å². The molecule has 1 rings (SSSR count). The molecule has 2 heteroatoms. The number of rotatable bonds is 4. The zero-order chi connectivity index (χ0) is 10.3. The minimum atomic E-state index is 0.195. The smallest absolute Gasteiger partial charge is 0.207 e. The molecule has 1 aliphatic rings. The Morgan fingerprint density at radius 1 is 1.46 bits per heavy atom. The molecule has 1 saturated carbocycles. The van der Waals surface area contributed by atoms with Gasteiger partial charge in [0, 0.05) is 11.5 Å². The maximum Gasteiger partial charge on any atom is 0.207 e. The number of hydrogen-bond donors (Lipinski definition) is 1. The van der Waals surface area contributed by atoms with Crippen LogP contribution < -0.4 is 5.32 Å². The molecular formula is C11H21NO. The highest BCUT2D eigenvalue weighted by molar-refractivity contribution is 5.47. The van der Waals surface area contributed by atoms with E-state index >= 15 is 0 Å². The van der Waals surface area contributed by atoms with E-state index < -0.39 is 0 Å². The lowest BCUT2D eigenvalue weighted by molar-refractivity contribution is -0.111. The van der Waals surface area contributed by atoms with Gasteiger partial charge in [0.05, 0.1) is 0 Å². The van der Waals surface area contributed by atoms with E-state index in [0.29, 0.717) is 0 Å². The molecule has 0 aromatic rings. The molecule has 0 heterocycles. The quantitative estimate of drug-likeness (QED) is 0.526. The summed E-state index contributed by atoms with van der Waals surface area (Å²) in [7, 11) is 0. The first-order valence-corrected chi connectivity index (χ1v) is 5.08. The first-order valence-electron chi connectivity index (χ1n) is 5.08. The van der Waals surface area contributed by atoms with Crippen LogP contribution in [0.1, 0.15) is 40.0 Å². The van der Waals surface area contributed by atoms with Gasteiger partial charge in [0.2, 0.25) is 6.41 Å². The standard InChI is InChI=1S/C9H15NO.C2H6/c1-3-9(5-4-6-9)8(2)10-7-11;1-2/h3,7-8H,1,4-6H2,2H3,(H,10,11);1-2H3. The van der Waals surface area contributed by atoms with Gasteiger partial charge < -0.3 is 5.32 Å². The lowest BCUT2D eigenvalue weighted by atomic mass is 9.64. The molecule has 1 atom stereocenters. The van der Waals surface area contributed by atoms with Gasteiger partial charge in [0.25, 0.3) is 0 Å².